The van der Waals surface area contributed by atoms with Crippen molar-refractivity contribution in [1.29, 1.82) is 0 Å². The Morgan fingerprint density at radius 2 is 2.00 bits per heavy atom. The molecular formula is C14H19NO3. The van der Waals surface area contributed by atoms with Crippen molar-refractivity contribution in [2.24, 2.45) is 5.92 Å². The Bertz CT molecular complexity index is 402. The van der Waals surface area contributed by atoms with Crippen molar-refractivity contribution in [3.8, 4) is 0 Å². The second-order valence-corrected chi connectivity index (χ2v) is 4.80. The molecular weight excluding hydrogens is 230 g/mol. The molecule has 1 aromatic carbocycles. The van der Waals surface area contributed by atoms with Gasteiger partial charge in [-0.2, -0.15) is 0 Å². The minimum Gasteiger partial charge on any atom is -0.396 e. The van der Waals surface area contributed by atoms with E-state index in [-0.39, 0.29) is 25.0 Å². The third-order valence-corrected chi connectivity index (χ3v) is 3.45. The van der Waals surface area contributed by atoms with Crippen LogP contribution in [0.15, 0.2) is 24.3 Å². The summed E-state index contributed by atoms with van der Waals surface area (Å²) in [6.07, 6.45) is 1.94. The number of carbonyl (C=O) groups is 1. The quantitative estimate of drug-likeness (QED) is 0.841. The number of aliphatic hydroxyl groups excluding tert-OH is 2. The van der Waals surface area contributed by atoms with E-state index in [1.807, 2.05) is 0 Å². The summed E-state index contributed by atoms with van der Waals surface area (Å²) in [4.78, 5) is 14.0. The van der Waals surface area contributed by atoms with Crippen molar-refractivity contribution in [2.45, 2.75) is 19.4 Å². The van der Waals surface area contributed by atoms with E-state index in [4.69, 9.17) is 10.2 Å². The van der Waals surface area contributed by atoms with Crippen molar-refractivity contribution < 1.29 is 15.0 Å². The predicted molar refractivity (Wildman–Crippen MR) is 68.1 cm³/mol. The molecule has 2 N–H and O–H groups in total. The Labute approximate surface area is 107 Å². The largest absolute Gasteiger partial charge is 0.396 e. The number of likely N-dealkylation sites (tertiary alicyclic amines) is 1. The van der Waals surface area contributed by atoms with Gasteiger partial charge in [-0.05, 0) is 36.5 Å². The maximum absolute atomic E-state index is 12.2. The van der Waals surface area contributed by atoms with Crippen LogP contribution in [0.25, 0.3) is 0 Å². The van der Waals surface area contributed by atoms with Crippen LogP contribution in [0.2, 0.25) is 0 Å². The van der Waals surface area contributed by atoms with Gasteiger partial charge in [0.15, 0.2) is 0 Å². The summed E-state index contributed by atoms with van der Waals surface area (Å²) in [5, 5.41) is 18.1. The summed E-state index contributed by atoms with van der Waals surface area (Å²) >= 11 is 0. The first-order valence-electron chi connectivity index (χ1n) is 6.34. The number of hydrogen-bond acceptors (Lipinski definition) is 3. The summed E-state index contributed by atoms with van der Waals surface area (Å²) in [6.45, 7) is 1.53. The van der Waals surface area contributed by atoms with E-state index in [0.717, 1.165) is 24.9 Å². The number of carbonyl (C=O) groups excluding carboxylic acids is 1. The highest BCUT2D eigenvalue weighted by molar-refractivity contribution is 5.94. The number of benzene rings is 1. The lowest BCUT2D eigenvalue weighted by molar-refractivity contribution is 0.0620. The molecule has 4 nitrogen and oxygen atoms in total. The number of amides is 1. The molecule has 1 heterocycles. The topological polar surface area (TPSA) is 60.8 Å². The molecule has 1 unspecified atom stereocenters. The average Bonchev–Trinajstić information content (AvgIpc) is 2.46. The molecule has 0 aliphatic carbocycles. The highest BCUT2D eigenvalue weighted by Gasteiger charge is 2.23. The fourth-order valence-electron chi connectivity index (χ4n) is 2.33. The van der Waals surface area contributed by atoms with Gasteiger partial charge in [0.05, 0.1) is 6.61 Å². The van der Waals surface area contributed by atoms with Gasteiger partial charge in [-0.3, -0.25) is 4.79 Å². The first kappa shape index (κ1) is 13.1. The van der Waals surface area contributed by atoms with Crippen molar-refractivity contribution in [3.63, 3.8) is 0 Å². The van der Waals surface area contributed by atoms with Crippen LogP contribution in [-0.4, -0.2) is 40.7 Å². The van der Waals surface area contributed by atoms with Crippen LogP contribution in [0.4, 0.5) is 0 Å². The first-order valence-corrected chi connectivity index (χ1v) is 6.34. The van der Waals surface area contributed by atoms with Crippen molar-refractivity contribution in [3.05, 3.63) is 35.4 Å². The molecule has 0 radical (unpaired) electrons. The molecule has 0 aromatic heterocycles. The van der Waals surface area contributed by atoms with Gasteiger partial charge in [-0.25, -0.2) is 0 Å². The van der Waals surface area contributed by atoms with Crippen molar-refractivity contribution >= 4 is 5.91 Å². The van der Waals surface area contributed by atoms with Crippen LogP contribution in [0.5, 0.6) is 0 Å². The molecule has 98 valence electrons. The van der Waals surface area contributed by atoms with Gasteiger partial charge in [-0.15, -0.1) is 0 Å². The summed E-state index contributed by atoms with van der Waals surface area (Å²) in [6, 6.07) is 7.02. The summed E-state index contributed by atoms with van der Waals surface area (Å²) in [5.41, 5.74) is 1.45. The molecule has 18 heavy (non-hydrogen) atoms. The molecule has 1 atom stereocenters. The third kappa shape index (κ3) is 2.89. The Morgan fingerprint density at radius 1 is 1.28 bits per heavy atom. The molecule has 0 saturated carbocycles. The van der Waals surface area contributed by atoms with E-state index in [1.165, 1.54) is 0 Å². The zero-order valence-electron chi connectivity index (χ0n) is 10.4. The highest BCUT2D eigenvalue weighted by atomic mass is 16.3. The minimum atomic E-state index is -0.00916. The van der Waals surface area contributed by atoms with E-state index >= 15 is 0 Å². The summed E-state index contributed by atoms with van der Waals surface area (Å²) in [7, 11) is 0. The molecule has 1 aliphatic heterocycles. The van der Waals surface area contributed by atoms with E-state index in [1.54, 1.807) is 29.2 Å². The fourth-order valence-corrected chi connectivity index (χ4v) is 2.33. The Morgan fingerprint density at radius 3 is 2.61 bits per heavy atom. The number of nitrogens with zero attached hydrogens (tertiary/aromatic N) is 1. The number of rotatable bonds is 3. The average molecular weight is 249 g/mol. The van der Waals surface area contributed by atoms with Gasteiger partial charge in [0.25, 0.3) is 5.91 Å². The Hall–Kier alpha value is -1.39. The fraction of sp³-hybridized carbons (Fsp3) is 0.500. The standard InChI is InChI=1S/C14H19NO3/c16-9-11-3-5-13(6-4-11)14(18)15-7-1-2-12(8-15)10-17/h3-6,12,16-17H,1-2,7-10H2. The lowest BCUT2D eigenvalue weighted by atomic mass is 9.98. The zero-order valence-corrected chi connectivity index (χ0v) is 10.4. The van der Waals surface area contributed by atoms with Crippen molar-refractivity contribution in [1.82, 2.24) is 4.90 Å². The number of piperidine rings is 1. The van der Waals surface area contributed by atoms with Crippen molar-refractivity contribution in [2.75, 3.05) is 19.7 Å². The lowest BCUT2D eigenvalue weighted by Gasteiger charge is -2.31. The molecule has 1 fully saturated rings. The van der Waals surface area contributed by atoms with E-state index in [2.05, 4.69) is 0 Å². The normalized spacial score (nSPS) is 19.9. The van der Waals surface area contributed by atoms with E-state index in [9.17, 15) is 4.79 Å². The molecule has 1 amide bonds. The van der Waals surface area contributed by atoms with Crippen LogP contribution in [0, 0.1) is 5.92 Å². The Balaban J connectivity index is 2.05. The molecule has 1 aliphatic rings. The van der Waals surface area contributed by atoms with Gasteiger partial charge in [0.2, 0.25) is 0 Å². The molecule has 1 saturated heterocycles. The van der Waals surface area contributed by atoms with Gasteiger partial charge >= 0.3 is 0 Å². The Kier molecular flexibility index (Phi) is 4.33. The smallest absolute Gasteiger partial charge is 0.253 e. The lowest BCUT2D eigenvalue weighted by Crippen LogP contribution is -2.40. The SMILES string of the molecule is O=C(c1ccc(CO)cc1)N1CCCC(CO)C1. The first-order chi connectivity index (χ1) is 8.74. The molecule has 2 rings (SSSR count). The number of aliphatic hydroxyl groups is 2. The summed E-state index contributed by atoms with van der Waals surface area (Å²) in [5.74, 6) is 0.219. The van der Waals surface area contributed by atoms with Gasteiger partial charge in [0.1, 0.15) is 0 Å². The summed E-state index contributed by atoms with van der Waals surface area (Å²) < 4.78 is 0. The van der Waals surface area contributed by atoms with Crippen LogP contribution >= 0.6 is 0 Å². The van der Waals surface area contributed by atoms with Crippen LogP contribution in [-0.2, 0) is 6.61 Å². The molecule has 1 aromatic rings. The maximum Gasteiger partial charge on any atom is 0.253 e. The van der Waals surface area contributed by atoms with Gasteiger partial charge in [0, 0.05) is 25.3 Å². The highest BCUT2D eigenvalue weighted by Crippen LogP contribution is 2.18. The second-order valence-electron chi connectivity index (χ2n) is 4.80. The van der Waals surface area contributed by atoms with Crippen LogP contribution < -0.4 is 0 Å². The van der Waals surface area contributed by atoms with Crippen LogP contribution in [0.3, 0.4) is 0 Å². The van der Waals surface area contributed by atoms with Gasteiger partial charge < -0.3 is 15.1 Å². The number of hydrogen-bond donors (Lipinski definition) is 2. The third-order valence-electron chi connectivity index (χ3n) is 3.45. The monoisotopic (exact) mass is 249 g/mol. The van der Waals surface area contributed by atoms with E-state index in [0.29, 0.717) is 12.1 Å². The maximum atomic E-state index is 12.2. The molecule has 0 bridgehead atoms. The predicted octanol–water partition coefficient (Wildman–Crippen LogP) is 1.02. The zero-order chi connectivity index (χ0) is 13.0. The van der Waals surface area contributed by atoms with Gasteiger partial charge in [-0.1, -0.05) is 12.1 Å². The minimum absolute atomic E-state index is 0.00916. The van der Waals surface area contributed by atoms with E-state index < -0.39 is 0 Å². The second kappa shape index (κ2) is 5.98. The molecule has 0 spiro atoms. The molecule has 4 heteroatoms. The van der Waals surface area contributed by atoms with Crippen LogP contribution in [0.1, 0.15) is 28.8 Å².